The lowest BCUT2D eigenvalue weighted by Gasteiger charge is -2.44. The first-order chi connectivity index (χ1) is 19.8. The van der Waals surface area contributed by atoms with Gasteiger partial charge < -0.3 is 23.2 Å². The Morgan fingerprint density at radius 2 is 1.65 bits per heavy atom. The molecule has 2 aliphatic heterocycles. The third-order valence-electron chi connectivity index (χ3n) is 9.65. The summed E-state index contributed by atoms with van der Waals surface area (Å²) in [5, 5.41) is -0.144. The second-order valence-electron chi connectivity index (χ2n) is 14.4. The van der Waals surface area contributed by atoms with Crippen LogP contribution in [0.15, 0.2) is 36.9 Å². The molecule has 0 bridgehead atoms. The van der Waals surface area contributed by atoms with E-state index in [-0.39, 0.29) is 17.6 Å². The van der Waals surface area contributed by atoms with Crippen LogP contribution in [0, 0.1) is 0 Å². The van der Waals surface area contributed by atoms with Crippen molar-refractivity contribution in [2.75, 3.05) is 25.2 Å². The Kier molecular flexibility index (Phi) is 10.4. The van der Waals surface area contributed by atoms with Crippen molar-refractivity contribution in [3.63, 3.8) is 0 Å². The van der Waals surface area contributed by atoms with E-state index < -0.39 is 35.0 Å². The highest BCUT2D eigenvalue weighted by atomic mass is 28.4. The van der Waals surface area contributed by atoms with Crippen LogP contribution in [0.3, 0.4) is 0 Å². The minimum absolute atomic E-state index is 0.0239. The molecule has 1 aromatic rings. The number of carbonyl (C=O) groups excluding carboxylic acids is 2. The Morgan fingerprint density at radius 3 is 2.14 bits per heavy atom. The number of amides is 2. The zero-order valence-corrected chi connectivity index (χ0v) is 30.5. The number of carbonyl (C=O) groups is 2. The molecule has 1 unspecified atom stereocenters. The van der Waals surface area contributed by atoms with E-state index in [1.54, 1.807) is 24.1 Å². The maximum absolute atomic E-state index is 14.3. The van der Waals surface area contributed by atoms with E-state index in [0.717, 1.165) is 5.57 Å². The summed E-state index contributed by atoms with van der Waals surface area (Å²) in [6.07, 6.45) is 0.667. The number of hydrogen-bond donors (Lipinski definition) is 0. The van der Waals surface area contributed by atoms with Gasteiger partial charge in [-0.05, 0) is 47.2 Å². The molecule has 240 valence electrons. The predicted molar refractivity (Wildman–Crippen MR) is 179 cm³/mol. The van der Waals surface area contributed by atoms with Gasteiger partial charge in [-0.2, -0.15) is 0 Å². The van der Waals surface area contributed by atoms with Gasteiger partial charge in [-0.15, -0.1) is 0 Å². The molecule has 43 heavy (non-hydrogen) atoms. The zero-order chi connectivity index (χ0) is 32.7. The molecule has 1 saturated heterocycles. The lowest BCUT2D eigenvalue weighted by Crippen LogP contribution is -2.58. The number of fused-ring (bicyclic) bond motifs is 2. The molecule has 2 heterocycles. The largest absolute Gasteiger partial charge is 0.540 e. The van der Waals surface area contributed by atoms with E-state index in [1.807, 2.05) is 0 Å². The molecule has 8 nitrogen and oxygen atoms in total. The maximum atomic E-state index is 14.3. The predicted octanol–water partition coefficient (Wildman–Crippen LogP) is 8.51. The first kappa shape index (κ1) is 34.9. The molecule has 2 atom stereocenters. The standard InChI is InChI=1S/C33H54N2O6Si2/c1-15-16-39-32(37)35-26-19-29(40-43(21(2)3,22(4)5)23(6)7)28(38-12)18-25(26)30(36)34-20-24(8)17-27(34)31(35)41-42(13,14)33(9,10)11/h15,18-19,21-23,27,31H,1,8,16-17,20H2,2-7,9-14H3/t27-,31?/m0/s1. The molecule has 0 aliphatic carbocycles. The third-order valence-corrected chi connectivity index (χ3v) is 20.1. The molecule has 0 spiro atoms. The maximum Gasteiger partial charge on any atom is 0.416 e. The summed E-state index contributed by atoms with van der Waals surface area (Å²) in [5.41, 5.74) is 2.57. The summed E-state index contributed by atoms with van der Waals surface area (Å²) in [7, 11) is -3.31. The molecule has 1 aromatic carbocycles. The first-order valence-corrected chi connectivity index (χ1v) is 20.5. The van der Waals surface area contributed by atoms with Crippen LogP contribution >= 0.6 is 0 Å². The average molecular weight is 631 g/mol. The van der Waals surface area contributed by atoms with Gasteiger partial charge in [0.2, 0.25) is 0 Å². The van der Waals surface area contributed by atoms with Crippen molar-refractivity contribution in [3.05, 3.63) is 42.5 Å². The van der Waals surface area contributed by atoms with Crippen LogP contribution in [0.1, 0.15) is 79.1 Å². The Labute approximate surface area is 261 Å². The van der Waals surface area contributed by atoms with Gasteiger partial charge in [0.1, 0.15) is 12.4 Å². The van der Waals surface area contributed by atoms with E-state index in [1.165, 1.54) is 11.0 Å². The monoisotopic (exact) mass is 630 g/mol. The van der Waals surface area contributed by atoms with Gasteiger partial charge in [0.15, 0.2) is 20.3 Å². The summed E-state index contributed by atoms with van der Waals surface area (Å²) in [6.45, 7) is 32.4. The summed E-state index contributed by atoms with van der Waals surface area (Å²) >= 11 is 0. The van der Waals surface area contributed by atoms with E-state index in [0.29, 0.717) is 52.3 Å². The Morgan fingerprint density at radius 1 is 1.07 bits per heavy atom. The van der Waals surface area contributed by atoms with Crippen molar-refractivity contribution in [3.8, 4) is 11.5 Å². The number of hydrogen-bond acceptors (Lipinski definition) is 6. The van der Waals surface area contributed by atoms with Gasteiger partial charge in [-0.3, -0.25) is 4.79 Å². The molecular weight excluding hydrogens is 577 g/mol. The second-order valence-corrected chi connectivity index (χ2v) is 24.5. The first-order valence-electron chi connectivity index (χ1n) is 15.5. The number of methoxy groups -OCH3 is 1. The Bertz CT molecular complexity index is 1210. The highest BCUT2D eigenvalue weighted by molar-refractivity contribution is 6.78. The molecule has 2 amide bonds. The lowest BCUT2D eigenvalue weighted by atomic mass is 10.1. The number of ether oxygens (including phenoxy) is 2. The van der Waals surface area contributed by atoms with Crippen LogP contribution in [0.4, 0.5) is 10.5 Å². The summed E-state index contributed by atoms with van der Waals surface area (Å²) < 4.78 is 25.7. The number of nitrogens with zero attached hydrogens (tertiary/aromatic N) is 2. The van der Waals surface area contributed by atoms with E-state index in [4.69, 9.17) is 18.3 Å². The lowest BCUT2D eigenvalue weighted by molar-refractivity contribution is 0.0528. The van der Waals surface area contributed by atoms with Crippen LogP contribution < -0.4 is 14.1 Å². The van der Waals surface area contributed by atoms with Crippen molar-refractivity contribution in [1.82, 2.24) is 4.90 Å². The summed E-state index contributed by atoms with van der Waals surface area (Å²) in [4.78, 5) is 31.7. The number of rotatable bonds is 10. The smallest absolute Gasteiger partial charge is 0.416 e. The number of anilines is 1. The van der Waals surface area contributed by atoms with Crippen LogP contribution in [0.25, 0.3) is 0 Å². The van der Waals surface area contributed by atoms with Gasteiger partial charge >= 0.3 is 6.09 Å². The minimum Gasteiger partial charge on any atom is -0.540 e. The van der Waals surface area contributed by atoms with Crippen molar-refractivity contribution in [2.24, 2.45) is 0 Å². The van der Waals surface area contributed by atoms with Crippen molar-refractivity contribution >= 4 is 34.3 Å². The fraction of sp³-hybridized carbons (Fsp3) is 0.636. The van der Waals surface area contributed by atoms with Crippen LogP contribution in [-0.4, -0.2) is 66.1 Å². The van der Waals surface area contributed by atoms with E-state index in [2.05, 4.69) is 88.6 Å². The Hall–Kier alpha value is -2.57. The van der Waals surface area contributed by atoms with Gasteiger partial charge in [0.05, 0.1) is 24.4 Å². The van der Waals surface area contributed by atoms with Gasteiger partial charge in [0, 0.05) is 12.6 Å². The van der Waals surface area contributed by atoms with Gasteiger partial charge in [0.25, 0.3) is 14.2 Å². The molecular formula is C33H54N2O6Si2. The minimum atomic E-state index is -2.46. The fourth-order valence-electron chi connectivity index (χ4n) is 6.48. The molecule has 3 rings (SSSR count). The quantitative estimate of drug-likeness (QED) is 0.191. The van der Waals surface area contributed by atoms with Crippen molar-refractivity contribution in [1.29, 1.82) is 0 Å². The van der Waals surface area contributed by atoms with E-state index in [9.17, 15) is 9.59 Å². The topological polar surface area (TPSA) is 77.5 Å². The van der Waals surface area contributed by atoms with Gasteiger partial charge in [-0.25, -0.2) is 9.69 Å². The molecule has 0 aromatic heterocycles. The van der Waals surface area contributed by atoms with Crippen LogP contribution in [0.2, 0.25) is 34.8 Å². The highest BCUT2D eigenvalue weighted by Crippen LogP contribution is 2.49. The summed E-state index contributed by atoms with van der Waals surface area (Å²) in [5.74, 6) is 0.783. The Balaban J connectivity index is 2.37. The third kappa shape index (κ3) is 6.47. The van der Waals surface area contributed by atoms with Crippen molar-refractivity contribution in [2.45, 2.75) is 116 Å². The molecule has 1 fully saturated rings. The number of benzene rings is 1. The summed E-state index contributed by atoms with van der Waals surface area (Å²) in [6, 6.07) is 3.09. The van der Waals surface area contributed by atoms with Crippen LogP contribution in [-0.2, 0) is 9.16 Å². The zero-order valence-electron chi connectivity index (χ0n) is 28.5. The highest BCUT2D eigenvalue weighted by Gasteiger charge is 2.52. The fourth-order valence-corrected chi connectivity index (χ4v) is 13.0. The molecule has 0 saturated carbocycles. The van der Waals surface area contributed by atoms with Crippen LogP contribution in [0.5, 0.6) is 11.5 Å². The molecule has 2 aliphatic rings. The molecule has 0 radical (unpaired) electrons. The van der Waals surface area contributed by atoms with Crippen molar-refractivity contribution < 1.29 is 27.9 Å². The normalized spacial score (nSPS) is 19.5. The SMILES string of the molecule is C=CCOC(=O)N1c2cc(O[Si](C(C)C)(C(C)C)C(C)C)c(OC)cc2C(=O)N2CC(=C)C[C@H]2C1O[Si](C)(C)C(C)(C)C. The molecule has 10 heteroatoms. The molecule has 0 N–H and O–H groups in total. The van der Waals surface area contributed by atoms with E-state index >= 15 is 0 Å². The van der Waals surface area contributed by atoms with Gasteiger partial charge in [-0.1, -0.05) is 87.1 Å². The second kappa shape index (κ2) is 12.8. The average Bonchev–Trinajstić information content (AvgIpc) is 3.26.